The van der Waals surface area contributed by atoms with E-state index in [9.17, 15) is 24.3 Å². The third-order valence-electron chi connectivity index (χ3n) is 10.2. The van der Waals surface area contributed by atoms with Crippen LogP contribution in [0, 0.1) is 17.8 Å². The first-order chi connectivity index (χ1) is 26.1. The zero-order valence-corrected chi connectivity index (χ0v) is 31.7. The first kappa shape index (κ1) is 40.3. The molecule has 4 aromatic rings. The van der Waals surface area contributed by atoms with Crippen LogP contribution >= 0.6 is 0 Å². The van der Waals surface area contributed by atoms with Crippen LogP contribution in [0.5, 0.6) is 0 Å². The van der Waals surface area contributed by atoms with E-state index in [2.05, 4.69) is 25.9 Å². The van der Waals surface area contributed by atoms with E-state index in [1.54, 1.807) is 19.4 Å². The first-order valence-electron chi connectivity index (χ1n) is 19.4. The average Bonchev–Trinajstić information content (AvgIpc) is 3.95. The number of nitrogens with zero attached hydrogens (tertiary/aromatic N) is 2. The minimum absolute atomic E-state index is 0.0259. The first-order valence-corrected chi connectivity index (χ1v) is 19.4. The van der Waals surface area contributed by atoms with Crippen molar-refractivity contribution in [1.82, 2.24) is 30.5 Å². The number of aryl methyl sites for hydroxylation is 1. The van der Waals surface area contributed by atoms with E-state index >= 15 is 0 Å². The molecule has 3 aromatic heterocycles. The number of hydrogen-bond donors (Lipinski definition) is 5. The number of para-hydroxylation sites is 1. The van der Waals surface area contributed by atoms with Gasteiger partial charge in [-0.25, -0.2) is 9.78 Å². The van der Waals surface area contributed by atoms with Gasteiger partial charge in [0.2, 0.25) is 23.5 Å². The number of nitrogens with one attached hydrogen (secondary N) is 4. The van der Waals surface area contributed by atoms with Crippen molar-refractivity contribution in [3.05, 3.63) is 78.4 Å². The summed E-state index contributed by atoms with van der Waals surface area (Å²) >= 11 is 0. The normalized spacial score (nSPS) is 15.7. The molecule has 0 aliphatic heterocycles. The van der Waals surface area contributed by atoms with Crippen molar-refractivity contribution in [3.8, 4) is 0 Å². The number of imidazole rings is 1. The largest absolute Gasteiger partial charge is 0.460 e. The van der Waals surface area contributed by atoms with E-state index in [4.69, 9.17) is 9.15 Å². The van der Waals surface area contributed by atoms with Gasteiger partial charge in [-0.2, -0.15) is 0 Å². The maximum atomic E-state index is 14.2. The second-order valence-corrected chi connectivity index (χ2v) is 14.9. The Kier molecular flexibility index (Phi) is 14.9. The minimum atomic E-state index is -1.23. The smallest absolute Gasteiger partial charge is 0.374 e. The number of furan rings is 1. The topological polar surface area (TPSA) is 181 Å². The highest BCUT2D eigenvalue weighted by Crippen LogP contribution is 2.32. The summed E-state index contributed by atoms with van der Waals surface area (Å²) in [5.74, 6) is -2.00. The molecule has 0 saturated heterocycles. The van der Waals surface area contributed by atoms with Crippen molar-refractivity contribution in [1.29, 1.82) is 0 Å². The lowest BCUT2D eigenvalue weighted by molar-refractivity contribution is -0.134. The zero-order chi connectivity index (χ0) is 38.5. The van der Waals surface area contributed by atoms with E-state index in [0.717, 1.165) is 48.6 Å². The van der Waals surface area contributed by atoms with E-state index in [1.165, 1.54) is 12.1 Å². The van der Waals surface area contributed by atoms with Gasteiger partial charge in [-0.1, -0.05) is 64.2 Å². The summed E-state index contributed by atoms with van der Waals surface area (Å²) in [5.41, 5.74) is 1.83. The average molecular weight is 745 g/mol. The quantitative estimate of drug-likeness (QED) is 0.0572. The van der Waals surface area contributed by atoms with E-state index in [1.807, 2.05) is 55.1 Å². The van der Waals surface area contributed by atoms with Crippen LogP contribution in [0.3, 0.4) is 0 Å². The SMILES string of the molecule is CCOC(=O)c1ccc([C@H](O)[C@H](CC2CCCCC2)NC(=O)[C@H](CC(C)C)NC(=O)[C@@H](CC(=O)NCCCn2ccnc2)Cc2c[nH]c3ccccc23)o1. The Bertz CT molecular complexity index is 1790. The number of fused-ring (bicyclic) bond motifs is 1. The van der Waals surface area contributed by atoms with Crippen molar-refractivity contribution in [2.45, 2.75) is 110 Å². The molecule has 1 fully saturated rings. The summed E-state index contributed by atoms with van der Waals surface area (Å²) < 4.78 is 12.7. The van der Waals surface area contributed by atoms with Gasteiger partial charge in [-0.3, -0.25) is 14.4 Å². The summed E-state index contributed by atoms with van der Waals surface area (Å²) in [7, 11) is 0. The fourth-order valence-corrected chi connectivity index (χ4v) is 7.37. The van der Waals surface area contributed by atoms with Gasteiger partial charge < -0.3 is 39.8 Å². The third kappa shape index (κ3) is 11.5. The molecule has 1 aliphatic rings. The lowest BCUT2D eigenvalue weighted by atomic mass is 9.83. The fourth-order valence-electron chi connectivity index (χ4n) is 7.37. The van der Waals surface area contributed by atoms with Crippen molar-refractivity contribution in [2.24, 2.45) is 17.8 Å². The van der Waals surface area contributed by atoms with Crippen molar-refractivity contribution in [3.63, 3.8) is 0 Å². The van der Waals surface area contributed by atoms with Gasteiger partial charge in [0.15, 0.2) is 0 Å². The molecule has 0 spiro atoms. The number of amides is 3. The molecule has 5 N–H and O–H groups in total. The fraction of sp³-hybridized carbons (Fsp3) is 0.537. The van der Waals surface area contributed by atoms with Crippen LogP contribution in [0.2, 0.25) is 0 Å². The number of aliphatic hydroxyl groups excluding tert-OH is 1. The molecular formula is C41H56N6O7. The molecule has 0 bridgehead atoms. The molecule has 1 aromatic carbocycles. The molecule has 1 aliphatic carbocycles. The van der Waals surface area contributed by atoms with Crippen LogP contribution < -0.4 is 16.0 Å². The molecule has 292 valence electrons. The molecule has 4 atom stereocenters. The van der Waals surface area contributed by atoms with Gasteiger partial charge >= 0.3 is 5.97 Å². The Morgan fingerprint density at radius 2 is 1.85 bits per heavy atom. The van der Waals surface area contributed by atoms with Crippen molar-refractivity contribution in [2.75, 3.05) is 13.2 Å². The number of aromatic amines is 1. The number of aliphatic hydroxyl groups is 1. The van der Waals surface area contributed by atoms with E-state index in [0.29, 0.717) is 38.8 Å². The molecule has 3 amide bonds. The second-order valence-electron chi connectivity index (χ2n) is 14.9. The van der Waals surface area contributed by atoms with E-state index < -0.39 is 41.9 Å². The summed E-state index contributed by atoms with van der Waals surface area (Å²) in [6.07, 6.45) is 13.0. The van der Waals surface area contributed by atoms with Crippen LogP contribution in [-0.4, -0.2) is 68.6 Å². The zero-order valence-electron chi connectivity index (χ0n) is 31.7. The third-order valence-corrected chi connectivity index (χ3v) is 10.2. The van der Waals surface area contributed by atoms with Gasteiger partial charge in [0.25, 0.3) is 0 Å². The maximum absolute atomic E-state index is 14.2. The molecule has 0 radical (unpaired) electrons. The van der Waals surface area contributed by atoms with Gasteiger partial charge in [0.1, 0.15) is 17.9 Å². The molecule has 0 unspecified atom stereocenters. The summed E-state index contributed by atoms with van der Waals surface area (Å²) in [4.78, 5) is 61.3. The highest BCUT2D eigenvalue weighted by atomic mass is 16.5. The van der Waals surface area contributed by atoms with Gasteiger partial charge in [-0.15, -0.1) is 0 Å². The predicted octanol–water partition coefficient (Wildman–Crippen LogP) is 5.61. The van der Waals surface area contributed by atoms with E-state index in [-0.39, 0.29) is 42.3 Å². The number of esters is 1. The number of rotatable bonds is 20. The molecular weight excluding hydrogens is 688 g/mol. The number of ether oxygens (including phenoxy) is 1. The predicted molar refractivity (Wildman–Crippen MR) is 204 cm³/mol. The van der Waals surface area contributed by atoms with Gasteiger partial charge in [0.05, 0.1) is 24.9 Å². The van der Waals surface area contributed by atoms with Crippen molar-refractivity contribution < 1.29 is 33.4 Å². The highest BCUT2D eigenvalue weighted by molar-refractivity contribution is 5.92. The Hall–Kier alpha value is -4.91. The Morgan fingerprint density at radius 1 is 1.06 bits per heavy atom. The van der Waals surface area contributed by atoms with Gasteiger partial charge in [0, 0.05) is 49.0 Å². The van der Waals surface area contributed by atoms with Crippen molar-refractivity contribution >= 4 is 34.6 Å². The lowest BCUT2D eigenvalue weighted by Gasteiger charge is -2.31. The standard InChI is InChI=1S/C41H56N6O7/c1-4-53-41(52)36-16-15-35(54-36)38(49)33(22-28-11-6-5-7-12-28)45-40(51)34(21-27(2)3)46-39(50)29(23-30-25-44-32-14-9-8-13-31(30)32)24-37(48)43-17-10-19-47-20-18-42-26-47/h8-9,13-16,18,20,25-29,33-34,38,44,49H,4-7,10-12,17,19,21-24H2,1-3H3,(H,43,48)(H,45,51)(H,46,50)/t29-,33+,34+,38-/m1/s1. The molecule has 54 heavy (non-hydrogen) atoms. The summed E-state index contributed by atoms with van der Waals surface area (Å²) in [5, 5.41) is 21.6. The number of hydrogen-bond acceptors (Lipinski definition) is 8. The van der Waals surface area contributed by atoms with Crippen LogP contribution in [-0.2, 0) is 32.1 Å². The van der Waals surface area contributed by atoms with Crippen LogP contribution in [0.1, 0.15) is 107 Å². The molecule has 5 rings (SSSR count). The summed E-state index contributed by atoms with van der Waals surface area (Å²) in [6.45, 7) is 6.97. The number of carbonyl (C=O) groups is 4. The molecule has 1 saturated carbocycles. The molecule has 13 nitrogen and oxygen atoms in total. The minimum Gasteiger partial charge on any atom is -0.460 e. The van der Waals surface area contributed by atoms with Crippen LogP contribution in [0.25, 0.3) is 10.9 Å². The monoisotopic (exact) mass is 744 g/mol. The number of carbonyl (C=O) groups excluding carboxylic acids is 4. The Morgan fingerprint density at radius 3 is 2.59 bits per heavy atom. The Labute approximate surface area is 317 Å². The number of H-pyrrole nitrogens is 1. The maximum Gasteiger partial charge on any atom is 0.374 e. The second kappa shape index (κ2) is 20.0. The number of benzene rings is 1. The lowest BCUT2D eigenvalue weighted by Crippen LogP contribution is -2.53. The van der Waals surface area contributed by atoms with Crippen LogP contribution in [0.15, 0.2) is 65.7 Å². The number of aromatic nitrogens is 3. The summed E-state index contributed by atoms with van der Waals surface area (Å²) in [6, 6.07) is 9.14. The molecule has 13 heteroatoms. The molecule has 3 heterocycles. The van der Waals surface area contributed by atoms with Gasteiger partial charge in [-0.05, 0) is 68.2 Å². The van der Waals surface area contributed by atoms with Crippen LogP contribution in [0.4, 0.5) is 0 Å². The highest BCUT2D eigenvalue weighted by Gasteiger charge is 2.34. The Balaban J connectivity index is 1.31.